The fourth-order valence-electron chi connectivity index (χ4n) is 1.81. The number of nitrogens with zero attached hydrogens (tertiary/aromatic N) is 1. The fourth-order valence-corrected chi connectivity index (χ4v) is 1.81. The number of pyridine rings is 1. The Bertz CT molecular complexity index is 653. The van der Waals surface area contributed by atoms with E-state index in [4.69, 9.17) is 10.8 Å². The van der Waals surface area contributed by atoms with Crippen LogP contribution in [0.25, 0.3) is 0 Å². The first-order valence-corrected chi connectivity index (χ1v) is 6.35. The van der Waals surface area contributed by atoms with Crippen molar-refractivity contribution >= 4 is 17.6 Å². The van der Waals surface area contributed by atoms with Gasteiger partial charge in [-0.05, 0) is 29.8 Å². The van der Waals surface area contributed by atoms with Gasteiger partial charge >= 0.3 is 5.97 Å². The summed E-state index contributed by atoms with van der Waals surface area (Å²) in [5.74, 6) is -1.16. The Labute approximate surface area is 121 Å². The summed E-state index contributed by atoms with van der Waals surface area (Å²) in [7, 11) is 0. The third-order valence-electron chi connectivity index (χ3n) is 2.86. The summed E-state index contributed by atoms with van der Waals surface area (Å²) in [6.45, 7) is 0.269. The maximum atomic E-state index is 12.1. The molecule has 0 saturated carbocycles. The fraction of sp³-hybridized carbons (Fsp3) is 0.133. The Kier molecular flexibility index (Phi) is 4.63. The number of nitrogens with two attached hydrogens (primary N) is 1. The third-order valence-corrected chi connectivity index (χ3v) is 2.86. The highest BCUT2D eigenvalue weighted by Crippen LogP contribution is 2.12. The summed E-state index contributed by atoms with van der Waals surface area (Å²) in [5.41, 5.74) is 7.87. The molecule has 2 aromatic rings. The SMILES string of the molecule is NCc1cc(C(=O)Nc2ccc(CC(=O)O)cc2)ccn1. The number of carboxylic acids is 1. The van der Waals surface area contributed by atoms with Gasteiger partial charge in [0.05, 0.1) is 12.1 Å². The van der Waals surface area contributed by atoms with Crippen LogP contribution in [0.15, 0.2) is 42.6 Å². The van der Waals surface area contributed by atoms with Crippen molar-refractivity contribution in [1.29, 1.82) is 0 Å². The van der Waals surface area contributed by atoms with E-state index in [9.17, 15) is 9.59 Å². The van der Waals surface area contributed by atoms with Gasteiger partial charge in [0.2, 0.25) is 0 Å². The van der Waals surface area contributed by atoms with Crippen LogP contribution in [0.5, 0.6) is 0 Å². The Morgan fingerprint density at radius 3 is 2.52 bits per heavy atom. The van der Waals surface area contributed by atoms with E-state index < -0.39 is 5.97 Å². The van der Waals surface area contributed by atoms with Crippen LogP contribution >= 0.6 is 0 Å². The molecule has 1 aromatic carbocycles. The molecule has 4 N–H and O–H groups in total. The number of carboxylic acid groups (broad SMARTS) is 1. The molecule has 0 unspecified atom stereocenters. The lowest BCUT2D eigenvalue weighted by Gasteiger charge is -2.07. The van der Waals surface area contributed by atoms with Crippen LogP contribution in [0, 0.1) is 0 Å². The van der Waals surface area contributed by atoms with Gasteiger partial charge in [0.1, 0.15) is 0 Å². The molecule has 1 heterocycles. The van der Waals surface area contributed by atoms with Crippen LogP contribution in [0.4, 0.5) is 5.69 Å². The van der Waals surface area contributed by atoms with E-state index in [0.29, 0.717) is 22.5 Å². The van der Waals surface area contributed by atoms with Crippen LogP contribution in [-0.4, -0.2) is 22.0 Å². The van der Waals surface area contributed by atoms with Gasteiger partial charge < -0.3 is 16.2 Å². The van der Waals surface area contributed by atoms with Crippen LogP contribution < -0.4 is 11.1 Å². The summed E-state index contributed by atoms with van der Waals surface area (Å²) in [6.07, 6.45) is 1.49. The van der Waals surface area contributed by atoms with Crippen LogP contribution in [0.3, 0.4) is 0 Å². The molecule has 0 bridgehead atoms. The number of carbonyl (C=O) groups is 2. The maximum absolute atomic E-state index is 12.1. The highest BCUT2D eigenvalue weighted by Gasteiger charge is 2.07. The normalized spacial score (nSPS) is 10.1. The number of rotatable bonds is 5. The van der Waals surface area contributed by atoms with E-state index in [1.54, 1.807) is 36.4 Å². The number of aliphatic carboxylic acids is 1. The Morgan fingerprint density at radius 1 is 1.19 bits per heavy atom. The first kappa shape index (κ1) is 14.7. The third kappa shape index (κ3) is 4.12. The van der Waals surface area contributed by atoms with Gasteiger partial charge in [-0.3, -0.25) is 14.6 Å². The summed E-state index contributed by atoms with van der Waals surface area (Å²) in [5, 5.41) is 11.4. The van der Waals surface area contributed by atoms with E-state index in [1.807, 2.05) is 0 Å². The number of benzene rings is 1. The predicted molar refractivity (Wildman–Crippen MR) is 77.9 cm³/mol. The summed E-state index contributed by atoms with van der Waals surface area (Å²) in [6, 6.07) is 9.91. The van der Waals surface area contributed by atoms with Gasteiger partial charge in [-0.15, -0.1) is 0 Å². The lowest BCUT2D eigenvalue weighted by Crippen LogP contribution is -2.13. The second-order valence-corrected chi connectivity index (χ2v) is 4.46. The van der Waals surface area contributed by atoms with Crippen LogP contribution in [0.1, 0.15) is 21.6 Å². The van der Waals surface area contributed by atoms with Crippen molar-refractivity contribution < 1.29 is 14.7 Å². The minimum absolute atomic E-state index is 0.0432. The highest BCUT2D eigenvalue weighted by molar-refractivity contribution is 6.04. The molecule has 0 aliphatic carbocycles. The largest absolute Gasteiger partial charge is 0.481 e. The number of carbonyl (C=O) groups excluding carboxylic acids is 1. The second kappa shape index (κ2) is 6.62. The van der Waals surface area contributed by atoms with E-state index in [0.717, 1.165) is 0 Å². The van der Waals surface area contributed by atoms with Crippen molar-refractivity contribution in [2.45, 2.75) is 13.0 Å². The average Bonchev–Trinajstić information content (AvgIpc) is 2.49. The van der Waals surface area contributed by atoms with Crippen LogP contribution in [0.2, 0.25) is 0 Å². The lowest BCUT2D eigenvalue weighted by atomic mass is 10.1. The quantitative estimate of drug-likeness (QED) is 0.770. The van der Waals surface area contributed by atoms with E-state index in [2.05, 4.69) is 10.3 Å². The summed E-state index contributed by atoms with van der Waals surface area (Å²) in [4.78, 5) is 26.7. The van der Waals surface area contributed by atoms with Gasteiger partial charge in [-0.25, -0.2) is 0 Å². The van der Waals surface area contributed by atoms with Crippen molar-refractivity contribution in [3.63, 3.8) is 0 Å². The zero-order valence-corrected chi connectivity index (χ0v) is 11.2. The van der Waals surface area contributed by atoms with Crippen molar-refractivity contribution in [2.75, 3.05) is 5.32 Å². The standard InChI is InChI=1S/C15H15N3O3/c16-9-13-8-11(5-6-17-13)15(21)18-12-3-1-10(2-4-12)7-14(19)20/h1-6,8H,7,9,16H2,(H,18,21)(H,19,20). The van der Waals surface area contributed by atoms with E-state index >= 15 is 0 Å². The molecule has 1 aromatic heterocycles. The van der Waals surface area contributed by atoms with E-state index in [1.165, 1.54) is 6.20 Å². The van der Waals surface area contributed by atoms with Gasteiger partial charge in [-0.1, -0.05) is 12.1 Å². The molecule has 21 heavy (non-hydrogen) atoms. The number of amides is 1. The lowest BCUT2D eigenvalue weighted by molar-refractivity contribution is -0.136. The monoisotopic (exact) mass is 285 g/mol. The van der Waals surface area contributed by atoms with E-state index in [-0.39, 0.29) is 18.9 Å². The van der Waals surface area contributed by atoms with Gasteiger partial charge in [0, 0.05) is 24.0 Å². The number of nitrogens with one attached hydrogen (secondary N) is 1. The van der Waals surface area contributed by atoms with Gasteiger partial charge in [-0.2, -0.15) is 0 Å². The molecule has 6 nitrogen and oxygen atoms in total. The Balaban J connectivity index is 2.06. The second-order valence-electron chi connectivity index (χ2n) is 4.46. The molecule has 0 radical (unpaired) electrons. The Morgan fingerprint density at radius 2 is 1.90 bits per heavy atom. The topological polar surface area (TPSA) is 105 Å². The molecule has 108 valence electrons. The maximum Gasteiger partial charge on any atom is 0.307 e. The summed E-state index contributed by atoms with van der Waals surface area (Å²) < 4.78 is 0. The molecular weight excluding hydrogens is 270 g/mol. The zero-order valence-electron chi connectivity index (χ0n) is 11.2. The molecule has 0 fully saturated rings. The smallest absolute Gasteiger partial charge is 0.307 e. The minimum Gasteiger partial charge on any atom is -0.481 e. The molecule has 0 aliphatic heterocycles. The molecule has 0 atom stereocenters. The zero-order chi connectivity index (χ0) is 15.2. The van der Waals surface area contributed by atoms with Gasteiger partial charge in [0.15, 0.2) is 0 Å². The van der Waals surface area contributed by atoms with Crippen molar-refractivity contribution in [3.05, 3.63) is 59.4 Å². The molecule has 6 heteroatoms. The molecule has 0 saturated heterocycles. The van der Waals surface area contributed by atoms with Gasteiger partial charge in [0.25, 0.3) is 5.91 Å². The predicted octanol–water partition coefficient (Wildman–Crippen LogP) is 1.42. The minimum atomic E-state index is -0.891. The first-order chi connectivity index (χ1) is 10.1. The summed E-state index contributed by atoms with van der Waals surface area (Å²) >= 11 is 0. The average molecular weight is 285 g/mol. The molecular formula is C15H15N3O3. The Hall–Kier alpha value is -2.73. The number of hydrogen-bond donors (Lipinski definition) is 3. The number of aromatic nitrogens is 1. The molecule has 0 spiro atoms. The highest BCUT2D eigenvalue weighted by atomic mass is 16.4. The van der Waals surface area contributed by atoms with Crippen molar-refractivity contribution in [2.24, 2.45) is 5.73 Å². The van der Waals surface area contributed by atoms with Crippen LogP contribution in [-0.2, 0) is 17.8 Å². The molecule has 1 amide bonds. The van der Waals surface area contributed by atoms with Crippen molar-refractivity contribution in [1.82, 2.24) is 4.98 Å². The number of anilines is 1. The molecule has 0 aliphatic rings. The molecule has 2 rings (SSSR count). The number of hydrogen-bond acceptors (Lipinski definition) is 4. The van der Waals surface area contributed by atoms with Crippen molar-refractivity contribution in [3.8, 4) is 0 Å². The first-order valence-electron chi connectivity index (χ1n) is 6.35.